The number of amides is 2. The van der Waals surface area contributed by atoms with Gasteiger partial charge in [0.2, 0.25) is 0 Å². The first-order valence-corrected chi connectivity index (χ1v) is 6.25. The lowest BCUT2D eigenvalue weighted by Gasteiger charge is -2.31. The molecule has 0 aromatic rings. The molecule has 0 radical (unpaired) electrons. The van der Waals surface area contributed by atoms with Crippen LogP contribution < -0.4 is 0 Å². The van der Waals surface area contributed by atoms with Crippen LogP contribution in [-0.4, -0.2) is 52.6 Å². The maximum absolute atomic E-state index is 12.2. The lowest BCUT2D eigenvalue weighted by Crippen LogP contribution is -2.49. The van der Waals surface area contributed by atoms with Crippen LogP contribution in [0.4, 0.5) is 4.79 Å². The first-order valence-electron chi connectivity index (χ1n) is 6.25. The number of rotatable bonds is 4. The van der Waals surface area contributed by atoms with Gasteiger partial charge in [0.15, 0.2) is 0 Å². The number of likely N-dealkylation sites (tertiary alicyclic amines) is 1. The van der Waals surface area contributed by atoms with Crippen LogP contribution in [0, 0.1) is 0 Å². The van der Waals surface area contributed by atoms with Gasteiger partial charge in [-0.05, 0) is 26.2 Å². The fourth-order valence-electron chi connectivity index (χ4n) is 2.25. The molecule has 0 spiro atoms. The number of aliphatic carboxylic acids is 1. The number of carboxylic acid groups (broad SMARTS) is 1. The number of carbonyl (C=O) groups excluding carboxylic acids is 1. The molecule has 0 aromatic carbocycles. The van der Waals surface area contributed by atoms with Crippen LogP contribution in [-0.2, 0) is 4.79 Å². The van der Waals surface area contributed by atoms with E-state index in [1.54, 1.807) is 11.9 Å². The maximum Gasteiger partial charge on any atom is 0.326 e. The summed E-state index contributed by atoms with van der Waals surface area (Å²) in [5, 5.41) is 9.04. The van der Waals surface area contributed by atoms with Gasteiger partial charge in [0.1, 0.15) is 6.04 Å². The number of nitrogens with zero attached hydrogens (tertiary/aromatic N) is 2. The van der Waals surface area contributed by atoms with E-state index in [1.165, 1.54) is 4.90 Å². The van der Waals surface area contributed by atoms with Gasteiger partial charge in [0, 0.05) is 19.6 Å². The molecule has 98 valence electrons. The molecule has 5 nitrogen and oxygen atoms in total. The highest BCUT2D eigenvalue weighted by Crippen LogP contribution is 2.20. The third kappa shape index (κ3) is 3.11. The zero-order valence-electron chi connectivity index (χ0n) is 10.8. The molecule has 1 heterocycles. The molecule has 0 saturated carbocycles. The molecule has 5 heteroatoms. The Morgan fingerprint density at radius 2 is 2.18 bits per heavy atom. The molecule has 0 aromatic heterocycles. The summed E-state index contributed by atoms with van der Waals surface area (Å²) in [6.07, 6.45) is 3.30. The molecule has 1 fully saturated rings. The predicted octanol–water partition coefficient (Wildman–Crippen LogP) is 1.78. The van der Waals surface area contributed by atoms with Crippen LogP contribution >= 0.6 is 0 Å². The van der Waals surface area contributed by atoms with E-state index in [0.29, 0.717) is 13.0 Å². The summed E-state index contributed by atoms with van der Waals surface area (Å²) in [5.74, 6) is -0.896. The molecule has 17 heavy (non-hydrogen) atoms. The van der Waals surface area contributed by atoms with E-state index in [4.69, 9.17) is 5.11 Å². The molecule has 1 N–H and O–H groups in total. The molecule has 2 amide bonds. The molecular formula is C12H22N2O3. The van der Waals surface area contributed by atoms with Gasteiger partial charge >= 0.3 is 12.0 Å². The van der Waals surface area contributed by atoms with Crippen LogP contribution in [0.3, 0.4) is 0 Å². The summed E-state index contributed by atoms with van der Waals surface area (Å²) in [5.41, 5.74) is 0. The molecule has 2 atom stereocenters. The van der Waals surface area contributed by atoms with Crippen molar-refractivity contribution in [3.8, 4) is 0 Å². The van der Waals surface area contributed by atoms with Gasteiger partial charge in [-0.1, -0.05) is 13.3 Å². The lowest BCUT2D eigenvalue weighted by atomic mass is 10.2. The second-order valence-electron chi connectivity index (χ2n) is 4.72. The van der Waals surface area contributed by atoms with Crippen LogP contribution in [0.5, 0.6) is 0 Å². The average molecular weight is 242 g/mol. The zero-order valence-corrected chi connectivity index (χ0v) is 10.8. The molecular weight excluding hydrogens is 220 g/mol. The van der Waals surface area contributed by atoms with Crippen LogP contribution in [0.15, 0.2) is 0 Å². The summed E-state index contributed by atoms with van der Waals surface area (Å²) in [4.78, 5) is 26.3. The first-order chi connectivity index (χ1) is 7.99. The van der Waals surface area contributed by atoms with Crippen molar-refractivity contribution in [3.63, 3.8) is 0 Å². The molecule has 1 saturated heterocycles. The fraction of sp³-hybridized carbons (Fsp3) is 0.833. The second-order valence-corrected chi connectivity index (χ2v) is 4.72. The Bertz CT molecular complexity index is 293. The highest BCUT2D eigenvalue weighted by Gasteiger charge is 2.36. The van der Waals surface area contributed by atoms with Crippen molar-refractivity contribution in [1.82, 2.24) is 9.80 Å². The van der Waals surface area contributed by atoms with Gasteiger partial charge in [-0.15, -0.1) is 0 Å². The Kier molecular flexibility index (Phi) is 4.78. The minimum absolute atomic E-state index is 0.155. The molecule has 0 bridgehead atoms. The average Bonchev–Trinajstić information content (AvgIpc) is 2.76. The van der Waals surface area contributed by atoms with E-state index < -0.39 is 12.0 Å². The third-order valence-corrected chi connectivity index (χ3v) is 3.45. The Labute approximate surface area is 102 Å². The van der Waals surface area contributed by atoms with Crippen molar-refractivity contribution in [2.75, 3.05) is 13.6 Å². The number of hydrogen-bond acceptors (Lipinski definition) is 2. The first kappa shape index (κ1) is 13.8. The largest absolute Gasteiger partial charge is 0.480 e. The number of hydrogen-bond donors (Lipinski definition) is 1. The van der Waals surface area contributed by atoms with E-state index in [0.717, 1.165) is 19.3 Å². The number of urea groups is 1. The zero-order chi connectivity index (χ0) is 13.0. The van der Waals surface area contributed by atoms with Crippen molar-refractivity contribution in [1.29, 1.82) is 0 Å². The molecule has 1 rings (SSSR count). The van der Waals surface area contributed by atoms with Gasteiger partial charge in [-0.25, -0.2) is 9.59 Å². The Balaban J connectivity index is 2.65. The van der Waals surface area contributed by atoms with E-state index in [-0.39, 0.29) is 12.1 Å². The monoisotopic (exact) mass is 242 g/mol. The third-order valence-electron chi connectivity index (χ3n) is 3.45. The highest BCUT2D eigenvalue weighted by molar-refractivity contribution is 5.83. The minimum atomic E-state index is -0.896. The predicted molar refractivity (Wildman–Crippen MR) is 64.9 cm³/mol. The second kappa shape index (κ2) is 5.89. The standard InChI is InChI=1S/C12H22N2O3/c1-4-6-9(2)13(3)12(17)14-8-5-7-10(14)11(15)16/h9-10H,4-8H2,1-3H3,(H,15,16). The Morgan fingerprint density at radius 3 is 2.71 bits per heavy atom. The smallest absolute Gasteiger partial charge is 0.326 e. The van der Waals surface area contributed by atoms with E-state index >= 15 is 0 Å². The van der Waals surface area contributed by atoms with E-state index in [2.05, 4.69) is 6.92 Å². The maximum atomic E-state index is 12.2. The van der Waals surface area contributed by atoms with Crippen molar-refractivity contribution in [3.05, 3.63) is 0 Å². The molecule has 2 unspecified atom stereocenters. The lowest BCUT2D eigenvalue weighted by molar-refractivity contribution is -0.141. The Hall–Kier alpha value is -1.26. The minimum Gasteiger partial charge on any atom is -0.480 e. The molecule has 0 aliphatic carbocycles. The van der Waals surface area contributed by atoms with Crippen LogP contribution in [0.2, 0.25) is 0 Å². The highest BCUT2D eigenvalue weighted by atomic mass is 16.4. The van der Waals surface area contributed by atoms with Crippen LogP contribution in [0.25, 0.3) is 0 Å². The van der Waals surface area contributed by atoms with Gasteiger partial charge in [0.05, 0.1) is 0 Å². The van der Waals surface area contributed by atoms with E-state index in [1.807, 2.05) is 6.92 Å². The fourth-order valence-corrected chi connectivity index (χ4v) is 2.25. The summed E-state index contributed by atoms with van der Waals surface area (Å²) in [6, 6.07) is -0.642. The Morgan fingerprint density at radius 1 is 1.53 bits per heavy atom. The number of carboxylic acids is 1. The van der Waals surface area contributed by atoms with Gasteiger partial charge in [0.25, 0.3) is 0 Å². The van der Waals surface area contributed by atoms with Crippen molar-refractivity contribution in [2.24, 2.45) is 0 Å². The van der Waals surface area contributed by atoms with Crippen molar-refractivity contribution in [2.45, 2.75) is 51.6 Å². The summed E-state index contributed by atoms with van der Waals surface area (Å²) >= 11 is 0. The summed E-state index contributed by atoms with van der Waals surface area (Å²) in [6.45, 7) is 4.62. The quantitative estimate of drug-likeness (QED) is 0.817. The molecule has 1 aliphatic heterocycles. The molecule has 1 aliphatic rings. The van der Waals surface area contributed by atoms with E-state index in [9.17, 15) is 9.59 Å². The van der Waals surface area contributed by atoms with Gasteiger partial charge < -0.3 is 14.9 Å². The van der Waals surface area contributed by atoms with Gasteiger partial charge in [-0.3, -0.25) is 0 Å². The summed E-state index contributed by atoms with van der Waals surface area (Å²) in [7, 11) is 1.75. The van der Waals surface area contributed by atoms with Crippen LogP contribution in [0.1, 0.15) is 39.5 Å². The van der Waals surface area contributed by atoms with Crippen molar-refractivity contribution >= 4 is 12.0 Å². The van der Waals surface area contributed by atoms with Crippen molar-refractivity contribution < 1.29 is 14.7 Å². The SMILES string of the molecule is CCCC(C)N(C)C(=O)N1CCCC1C(=O)O. The summed E-state index contributed by atoms with van der Waals surface area (Å²) < 4.78 is 0. The normalized spacial score (nSPS) is 21.4. The number of carbonyl (C=O) groups is 2. The topological polar surface area (TPSA) is 60.9 Å². The van der Waals surface area contributed by atoms with Gasteiger partial charge in [-0.2, -0.15) is 0 Å².